The average Bonchev–Trinajstić information content (AvgIpc) is 3.33. The lowest BCUT2D eigenvalue weighted by atomic mass is 10.0. The van der Waals surface area contributed by atoms with Gasteiger partial charge in [-0.1, -0.05) is 31.5 Å². The molecule has 1 aliphatic rings. The highest BCUT2D eigenvalue weighted by molar-refractivity contribution is 5.94. The van der Waals surface area contributed by atoms with Crippen LogP contribution in [0.5, 0.6) is 0 Å². The number of hydrogen-bond donors (Lipinski definition) is 1. The Morgan fingerprint density at radius 3 is 2.61 bits per heavy atom. The summed E-state index contributed by atoms with van der Waals surface area (Å²) < 4.78 is 18.8. The monoisotopic (exact) mass is 421 g/mol. The minimum absolute atomic E-state index is 0.107. The van der Waals surface area contributed by atoms with Crippen molar-refractivity contribution in [1.29, 1.82) is 0 Å². The topological polar surface area (TPSA) is 79.2 Å². The Kier molecular flexibility index (Phi) is 4.96. The molecule has 8 heteroatoms. The second kappa shape index (κ2) is 8.37. The lowest BCUT2D eigenvalue weighted by Gasteiger charge is -2.25. The van der Waals surface area contributed by atoms with E-state index in [1.807, 2.05) is 43.7 Å². The van der Waals surface area contributed by atoms with E-state index in [0.717, 1.165) is 16.3 Å². The van der Waals surface area contributed by atoms with Crippen LogP contribution < -0.4 is 10.2 Å². The fourth-order valence-electron chi connectivity index (χ4n) is 3.52. The number of imidazole rings is 1. The second-order valence-corrected chi connectivity index (χ2v) is 8.18. The van der Waals surface area contributed by atoms with Gasteiger partial charge in [0, 0.05) is 31.6 Å². The quantitative estimate of drug-likeness (QED) is 0.650. The number of carbonyl (C=O) groups excluding carboxylic acids is 1. The highest BCUT2D eigenvalue weighted by atomic mass is 16.2. The van der Waals surface area contributed by atoms with Crippen molar-refractivity contribution >= 4 is 17.8 Å². The summed E-state index contributed by atoms with van der Waals surface area (Å²) in [7, 11) is 1.48. The van der Waals surface area contributed by atoms with Crippen LogP contribution in [-0.2, 0) is 0 Å². The molecule has 31 heavy (non-hydrogen) atoms. The third-order valence-electron chi connectivity index (χ3n) is 5.34. The molecule has 3 aromatic rings. The summed E-state index contributed by atoms with van der Waals surface area (Å²) in [4.78, 5) is 28.8. The Labute approximate surface area is 185 Å². The highest BCUT2D eigenvalue weighted by Gasteiger charge is 2.38. The first kappa shape index (κ1) is 18.4. The molecule has 162 valence electrons. The molecule has 0 unspecified atom stereocenters. The summed E-state index contributed by atoms with van der Waals surface area (Å²) in [6, 6.07) is 8.55. The number of aryl methyl sites for hydroxylation is 1. The summed E-state index contributed by atoms with van der Waals surface area (Å²) in [5, 5.41) is 3.24. The Hall–Kier alpha value is -3.42. The Morgan fingerprint density at radius 1 is 1.16 bits per heavy atom. The molecule has 3 heterocycles. The number of amides is 2. The summed E-state index contributed by atoms with van der Waals surface area (Å²) in [5.74, 6) is 0.599. The molecule has 1 fully saturated rings. The SMILES string of the molecule is [2H]C1([2H])[C@H](C(C)C)N(c2ccnc(N[C@@H](C)c3cn(-c4ccc(C)cc4)cn3)n2)C(=O)N1C. The van der Waals surface area contributed by atoms with Crippen LogP contribution in [0.4, 0.5) is 16.6 Å². The molecule has 2 aromatic heterocycles. The van der Waals surface area contributed by atoms with Gasteiger partial charge in [-0.25, -0.2) is 14.8 Å². The number of anilines is 2. The van der Waals surface area contributed by atoms with Crippen LogP contribution in [0.25, 0.3) is 5.69 Å². The zero-order valence-electron chi connectivity index (χ0n) is 20.4. The lowest BCUT2D eigenvalue weighted by Crippen LogP contribution is -2.38. The van der Waals surface area contributed by atoms with E-state index in [1.165, 1.54) is 17.5 Å². The molecule has 0 saturated carbocycles. The van der Waals surface area contributed by atoms with Gasteiger partial charge < -0.3 is 14.8 Å². The smallest absolute Gasteiger partial charge is 0.325 e. The summed E-state index contributed by atoms with van der Waals surface area (Å²) in [6.07, 6.45) is 5.29. The van der Waals surface area contributed by atoms with Gasteiger partial charge in [0.25, 0.3) is 0 Å². The number of rotatable bonds is 6. The number of urea groups is 1. The van der Waals surface area contributed by atoms with Gasteiger partial charge >= 0.3 is 6.03 Å². The average molecular weight is 422 g/mol. The zero-order valence-corrected chi connectivity index (χ0v) is 18.4. The molecule has 1 saturated heterocycles. The van der Waals surface area contributed by atoms with Gasteiger partial charge in [-0.3, -0.25) is 4.90 Å². The van der Waals surface area contributed by atoms with Crippen LogP contribution in [-0.4, -0.2) is 50.0 Å². The number of likely N-dealkylation sites (N-methyl/N-ethyl adjacent to an activating group) is 1. The fourth-order valence-corrected chi connectivity index (χ4v) is 3.52. The van der Waals surface area contributed by atoms with Gasteiger partial charge in [0.15, 0.2) is 0 Å². The first-order valence-electron chi connectivity index (χ1n) is 11.4. The number of carbonyl (C=O) groups is 1. The van der Waals surface area contributed by atoms with Crippen molar-refractivity contribution in [2.45, 2.75) is 39.8 Å². The molecule has 1 aliphatic heterocycles. The molecule has 0 radical (unpaired) electrons. The van der Waals surface area contributed by atoms with Crippen LogP contribution in [0, 0.1) is 12.8 Å². The van der Waals surface area contributed by atoms with E-state index in [1.54, 1.807) is 18.6 Å². The van der Waals surface area contributed by atoms with Gasteiger partial charge in [-0.15, -0.1) is 0 Å². The summed E-state index contributed by atoms with van der Waals surface area (Å²) in [6.45, 7) is 6.00. The second-order valence-electron chi connectivity index (χ2n) is 8.18. The standard InChI is InChI=1S/C23H29N7O/c1-15(2)20-13-28(5)23(31)30(20)21-10-11-24-22(27-21)26-17(4)19-12-29(14-25-19)18-8-6-16(3)7-9-18/h6-12,14-15,17,20H,13H2,1-5H3,(H,24,26,27)/t17-,20+/m0/s1/i13D2. The van der Waals surface area contributed by atoms with E-state index in [0.29, 0.717) is 11.8 Å². The minimum atomic E-state index is -1.81. The van der Waals surface area contributed by atoms with Crippen LogP contribution >= 0.6 is 0 Å². The van der Waals surface area contributed by atoms with Crippen molar-refractivity contribution < 1.29 is 7.54 Å². The third-order valence-corrected chi connectivity index (χ3v) is 5.34. The van der Waals surface area contributed by atoms with Crippen molar-refractivity contribution in [3.63, 3.8) is 0 Å². The molecule has 0 spiro atoms. The van der Waals surface area contributed by atoms with Gasteiger partial charge in [-0.05, 0) is 38.0 Å². The first-order chi connectivity index (χ1) is 15.6. The maximum absolute atomic E-state index is 12.9. The number of aromatic nitrogens is 4. The molecule has 0 bridgehead atoms. The van der Waals surface area contributed by atoms with Crippen LogP contribution in [0.3, 0.4) is 0 Å². The number of nitrogens with zero attached hydrogens (tertiary/aromatic N) is 6. The summed E-state index contributed by atoms with van der Waals surface area (Å²) >= 11 is 0. The van der Waals surface area contributed by atoms with Gasteiger partial charge in [0.05, 0.1) is 26.8 Å². The first-order valence-corrected chi connectivity index (χ1v) is 10.4. The van der Waals surface area contributed by atoms with Crippen molar-refractivity contribution in [1.82, 2.24) is 24.4 Å². The van der Waals surface area contributed by atoms with Crippen molar-refractivity contribution in [3.8, 4) is 5.69 Å². The van der Waals surface area contributed by atoms with Crippen LogP contribution in [0.2, 0.25) is 0 Å². The minimum Gasteiger partial charge on any atom is -0.346 e. The van der Waals surface area contributed by atoms with E-state index in [2.05, 4.69) is 39.3 Å². The van der Waals surface area contributed by atoms with E-state index >= 15 is 0 Å². The Bertz CT molecular complexity index is 1150. The van der Waals surface area contributed by atoms with E-state index in [-0.39, 0.29) is 12.0 Å². The van der Waals surface area contributed by atoms with Gasteiger partial charge in [0.1, 0.15) is 5.82 Å². The molecule has 1 N–H and O–H groups in total. The molecule has 8 nitrogen and oxygen atoms in total. The Balaban J connectivity index is 1.55. The Morgan fingerprint density at radius 2 is 1.90 bits per heavy atom. The van der Waals surface area contributed by atoms with Crippen molar-refractivity contribution in [2.75, 3.05) is 23.8 Å². The molecule has 2 amide bonds. The number of benzene rings is 1. The van der Waals surface area contributed by atoms with E-state index in [4.69, 9.17) is 2.74 Å². The molecule has 4 rings (SSSR count). The van der Waals surface area contributed by atoms with Crippen LogP contribution in [0.1, 0.15) is 40.8 Å². The number of hydrogen-bond acceptors (Lipinski definition) is 5. The van der Waals surface area contributed by atoms with E-state index in [9.17, 15) is 4.79 Å². The maximum Gasteiger partial charge on any atom is 0.325 e. The molecule has 0 aliphatic carbocycles. The predicted molar refractivity (Wildman–Crippen MR) is 122 cm³/mol. The normalized spacial score (nSPS) is 20.1. The van der Waals surface area contributed by atoms with E-state index < -0.39 is 18.6 Å². The molecule has 2 atom stereocenters. The largest absolute Gasteiger partial charge is 0.346 e. The van der Waals surface area contributed by atoms with Crippen LogP contribution in [0.15, 0.2) is 49.1 Å². The van der Waals surface area contributed by atoms with Gasteiger partial charge in [-0.2, -0.15) is 4.98 Å². The molecule has 1 aromatic carbocycles. The van der Waals surface area contributed by atoms with Crippen molar-refractivity contribution in [3.05, 3.63) is 60.3 Å². The molecular formula is C23H29N7O. The maximum atomic E-state index is 12.9. The molecular weight excluding hydrogens is 390 g/mol. The lowest BCUT2D eigenvalue weighted by molar-refractivity contribution is 0.229. The number of nitrogens with one attached hydrogen (secondary N) is 1. The zero-order chi connectivity index (χ0) is 23.9. The van der Waals surface area contributed by atoms with Gasteiger partial charge in [0.2, 0.25) is 5.95 Å². The predicted octanol–water partition coefficient (Wildman–Crippen LogP) is 4.04. The third kappa shape index (κ3) is 4.23. The van der Waals surface area contributed by atoms with Crippen molar-refractivity contribution in [2.24, 2.45) is 5.92 Å². The summed E-state index contributed by atoms with van der Waals surface area (Å²) in [5.41, 5.74) is 3.04. The fraction of sp³-hybridized carbons (Fsp3) is 0.391. The highest BCUT2D eigenvalue weighted by Crippen LogP contribution is 2.27.